The predicted octanol–water partition coefficient (Wildman–Crippen LogP) is 2.49. The lowest BCUT2D eigenvalue weighted by Gasteiger charge is -2.13. The highest BCUT2D eigenvalue weighted by molar-refractivity contribution is 5.45. The molecule has 0 bridgehead atoms. The van der Waals surface area contributed by atoms with Gasteiger partial charge in [-0.15, -0.1) is 15.3 Å². The van der Waals surface area contributed by atoms with Gasteiger partial charge in [0, 0.05) is 31.6 Å². The van der Waals surface area contributed by atoms with Gasteiger partial charge in [-0.1, -0.05) is 0 Å². The van der Waals surface area contributed by atoms with E-state index in [-0.39, 0.29) is 36.6 Å². The van der Waals surface area contributed by atoms with Crippen LogP contribution >= 0.6 is 0 Å². The summed E-state index contributed by atoms with van der Waals surface area (Å²) in [6.07, 6.45) is -4.24. The van der Waals surface area contributed by atoms with Crippen molar-refractivity contribution in [2.45, 2.75) is 44.6 Å². The van der Waals surface area contributed by atoms with Crippen LogP contribution in [-0.4, -0.2) is 35.6 Å². The average molecular weight is 431 g/mol. The largest absolute Gasteiger partial charge is 0.453 e. The van der Waals surface area contributed by atoms with Gasteiger partial charge in [-0.05, 0) is 24.5 Å². The Morgan fingerprint density at radius 2 is 1.70 bits per heavy atom. The maximum atomic E-state index is 13.9. The summed E-state index contributed by atoms with van der Waals surface area (Å²) in [4.78, 5) is 3.56. The van der Waals surface area contributed by atoms with E-state index in [0.717, 1.165) is 10.7 Å². The molecule has 13 heteroatoms. The van der Waals surface area contributed by atoms with Crippen molar-refractivity contribution in [1.82, 2.24) is 29.5 Å². The molecule has 3 heterocycles. The van der Waals surface area contributed by atoms with Gasteiger partial charge in [0.15, 0.2) is 17.5 Å². The SMILES string of the molecule is N[C@H](Cc1cc(F)c(F)cc1F)Cc1nnc2n1CCCn1nc(C(F)(F)F)nc1-2. The van der Waals surface area contributed by atoms with Gasteiger partial charge in [-0.3, -0.25) is 0 Å². The monoisotopic (exact) mass is 431 g/mol. The molecule has 160 valence electrons. The highest BCUT2D eigenvalue weighted by Gasteiger charge is 2.38. The van der Waals surface area contributed by atoms with E-state index in [0.29, 0.717) is 24.9 Å². The molecule has 0 aliphatic carbocycles. The number of halogens is 6. The second-order valence-corrected chi connectivity index (χ2v) is 6.95. The second-order valence-electron chi connectivity index (χ2n) is 6.95. The van der Waals surface area contributed by atoms with Crippen LogP contribution in [0.5, 0.6) is 0 Å². The Bertz CT molecular complexity index is 1090. The number of fused-ring (bicyclic) bond motifs is 3. The topological polar surface area (TPSA) is 87.4 Å². The molecule has 7 nitrogen and oxygen atoms in total. The van der Waals surface area contributed by atoms with Gasteiger partial charge in [0.05, 0.1) is 0 Å². The number of hydrogen-bond donors (Lipinski definition) is 1. The maximum absolute atomic E-state index is 13.9. The predicted molar refractivity (Wildman–Crippen MR) is 90.4 cm³/mol. The zero-order chi connectivity index (χ0) is 21.6. The highest BCUT2D eigenvalue weighted by Crippen LogP contribution is 2.30. The van der Waals surface area contributed by atoms with E-state index in [9.17, 15) is 26.3 Å². The normalized spacial score (nSPS) is 14.9. The minimum atomic E-state index is -4.69. The summed E-state index contributed by atoms with van der Waals surface area (Å²) in [5, 5.41) is 11.4. The summed E-state index contributed by atoms with van der Waals surface area (Å²) >= 11 is 0. The van der Waals surface area contributed by atoms with E-state index in [1.54, 1.807) is 4.57 Å². The third-order valence-corrected chi connectivity index (χ3v) is 4.72. The van der Waals surface area contributed by atoms with Crippen molar-refractivity contribution >= 4 is 0 Å². The average Bonchev–Trinajstić information content (AvgIpc) is 3.20. The number of aryl methyl sites for hydroxylation is 1. The molecule has 1 aliphatic rings. The Morgan fingerprint density at radius 3 is 2.43 bits per heavy atom. The summed E-state index contributed by atoms with van der Waals surface area (Å²) < 4.78 is 81.9. The first-order valence-corrected chi connectivity index (χ1v) is 8.97. The molecule has 1 aliphatic heterocycles. The van der Waals surface area contributed by atoms with E-state index in [2.05, 4.69) is 20.3 Å². The van der Waals surface area contributed by atoms with Crippen molar-refractivity contribution in [3.8, 4) is 11.6 Å². The van der Waals surface area contributed by atoms with Gasteiger partial charge < -0.3 is 10.3 Å². The summed E-state index contributed by atoms with van der Waals surface area (Å²) in [6.45, 7) is 0.615. The van der Waals surface area contributed by atoms with Crippen LogP contribution in [0.15, 0.2) is 12.1 Å². The quantitative estimate of drug-likeness (QED) is 0.507. The number of nitrogens with two attached hydrogens (primary N) is 1. The van der Waals surface area contributed by atoms with Crippen LogP contribution in [0.3, 0.4) is 0 Å². The van der Waals surface area contributed by atoms with Gasteiger partial charge in [0.2, 0.25) is 5.82 Å². The first-order valence-electron chi connectivity index (χ1n) is 8.97. The van der Waals surface area contributed by atoms with Crippen LogP contribution in [0.1, 0.15) is 23.6 Å². The lowest BCUT2D eigenvalue weighted by Crippen LogP contribution is -2.28. The van der Waals surface area contributed by atoms with Crippen molar-refractivity contribution in [1.29, 1.82) is 0 Å². The maximum Gasteiger partial charge on any atom is 0.453 e. The van der Waals surface area contributed by atoms with Crippen LogP contribution in [0.4, 0.5) is 26.3 Å². The Hall–Kier alpha value is -2.96. The molecule has 1 aromatic carbocycles. The van der Waals surface area contributed by atoms with Crippen molar-refractivity contribution in [2.75, 3.05) is 0 Å². The zero-order valence-electron chi connectivity index (χ0n) is 15.3. The van der Waals surface area contributed by atoms with Crippen molar-refractivity contribution < 1.29 is 26.3 Å². The molecule has 0 fully saturated rings. The smallest absolute Gasteiger partial charge is 0.327 e. The van der Waals surface area contributed by atoms with E-state index < -0.39 is 35.5 Å². The number of benzene rings is 1. The first kappa shape index (κ1) is 20.3. The summed E-state index contributed by atoms with van der Waals surface area (Å²) in [5.41, 5.74) is 5.94. The van der Waals surface area contributed by atoms with Gasteiger partial charge in [0.1, 0.15) is 11.6 Å². The molecule has 1 atom stereocenters. The molecule has 0 saturated heterocycles. The molecule has 3 aromatic rings. The van der Waals surface area contributed by atoms with E-state index >= 15 is 0 Å². The zero-order valence-corrected chi connectivity index (χ0v) is 15.3. The lowest BCUT2D eigenvalue weighted by atomic mass is 10.0. The molecular formula is C17H15F6N7. The molecule has 0 amide bonds. The first-order chi connectivity index (χ1) is 14.1. The Balaban J connectivity index is 1.58. The molecule has 2 N–H and O–H groups in total. The van der Waals surface area contributed by atoms with Gasteiger partial charge >= 0.3 is 6.18 Å². The van der Waals surface area contributed by atoms with Crippen molar-refractivity contribution in [2.24, 2.45) is 5.73 Å². The van der Waals surface area contributed by atoms with Gasteiger partial charge in [-0.2, -0.15) is 18.2 Å². The number of nitrogens with zero attached hydrogens (tertiary/aromatic N) is 6. The number of rotatable bonds is 4. The van der Waals surface area contributed by atoms with Crippen molar-refractivity contribution in [3.63, 3.8) is 0 Å². The summed E-state index contributed by atoms with van der Waals surface area (Å²) in [5.74, 6) is -4.23. The molecule has 0 saturated carbocycles. The van der Waals surface area contributed by atoms with Crippen LogP contribution in [0.2, 0.25) is 0 Å². The minimum Gasteiger partial charge on any atom is -0.327 e. The van der Waals surface area contributed by atoms with Crippen molar-refractivity contribution in [3.05, 3.63) is 46.8 Å². The van der Waals surface area contributed by atoms with E-state index in [4.69, 9.17) is 5.73 Å². The standard InChI is InChI=1S/C17H15F6N7/c18-10-7-12(20)11(19)5-8(10)4-9(24)6-13-26-27-15-14-25-16(17(21,22)23)28-30(14)3-1-2-29(13)15/h5,7,9H,1-4,6,24H2/t9-/m1/s1. The minimum absolute atomic E-state index is 0.0567. The van der Waals surface area contributed by atoms with Gasteiger partial charge in [0.25, 0.3) is 5.82 Å². The number of aromatic nitrogens is 6. The third kappa shape index (κ3) is 3.76. The van der Waals surface area contributed by atoms with Gasteiger partial charge in [-0.25, -0.2) is 17.9 Å². The van der Waals surface area contributed by atoms with Crippen LogP contribution in [0.25, 0.3) is 11.6 Å². The fourth-order valence-corrected chi connectivity index (χ4v) is 3.36. The Kier molecular flexibility index (Phi) is 5.00. The number of alkyl halides is 3. The molecular weight excluding hydrogens is 416 g/mol. The molecule has 4 rings (SSSR count). The third-order valence-electron chi connectivity index (χ3n) is 4.72. The molecule has 30 heavy (non-hydrogen) atoms. The van der Waals surface area contributed by atoms with E-state index in [1.165, 1.54) is 0 Å². The fourth-order valence-electron chi connectivity index (χ4n) is 3.36. The molecule has 0 spiro atoms. The lowest BCUT2D eigenvalue weighted by molar-refractivity contribution is -0.145. The second kappa shape index (κ2) is 7.38. The molecule has 0 unspecified atom stereocenters. The van der Waals surface area contributed by atoms with Crippen LogP contribution in [-0.2, 0) is 32.1 Å². The fraction of sp³-hybridized carbons (Fsp3) is 0.412. The Labute approximate surface area is 165 Å². The van der Waals surface area contributed by atoms with Crippen LogP contribution < -0.4 is 5.73 Å². The van der Waals surface area contributed by atoms with Crippen LogP contribution in [0, 0.1) is 17.5 Å². The number of hydrogen-bond acceptors (Lipinski definition) is 5. The molecule has 2 aromatic heterocycles. The molecule has 0 radical (unpaired) electrons. The summed E-state index contributed by atoms with van der Waals surface area (Å²) in [7, 11) is 0. The highest BCUT2D eigenvalue weighted by atomic mass is 19.4. The van der Waals surface area contributed by atoms with E-state index in [1.807, 2.05) is 0 Å². The summed E-state index contributed by atoms with van der Waals surface area (Å²) in [6, 6.07) is 0.478. The Morgan fingerprint density at radius 1 is 0.967 bits per heavy atom.